The van der Waals surface area contributed by atoms with E-state index in [2.05, 4.69) is 19.9 Å². The molecule has 0 aliphatic carbocycles. The molecule has 19 heavy (non-hydrogen) atoms. The highest BCUT2D eigenvalue weighted by Crippen LogP contribution is 2.32. The number of H-pyrrole nitrogens is 1. The molecule has 2 aromatic heterocycles. The van der Waals surface area contributed by atoms with Crippen LogP contribution in [0.1, 0.15) is 5.56 Å². The number of hydrogen-bond acceptors (Lipinski definition) is 4. The monoisotopic (exact) mass is 277 g/mol. The number of nitrogens with zero attached hydrogens (tertiary/aromatic N) is 3. The zero-order chi connectivity index (χ0) is 13.6. The molecule has 96 valence electrons. The van der Waals surface area contributed by atoms with Crippen LogP contribution in [0.4, 0.5) is 10.3 Å². The summed E-state index contributed by atoms with van der Waals surface area (Å²) in [5.74, 6) is -0.274. The molecule has 0 unspecified atom stereocenters. The van der Waals surface area contributed by atoms with Crippen LogP contribution in [-0.4, -0.2) is 19.9 Å². The second-order valence-corrected chi connectivity index (χ2v) is 4.52. The minimum atomic E-state index is -0.364. The van der Waals surface area contributed by atoms with E-state index in [9.17, 15) is 4.39 Å². The SMILES string of the molecule is Cc1cc(-c2nc(N)nc3nc[nH]c23)c(Cl)cc1F. The van der Waals surface area contributed by atoms with Gasteiger partial charge in [0.15, 0.2) is 5.65 Å². The first-order chi connectivity index (χ1) is 9.06. The van der Waals surface area contributed by atoms with Gasteiger partial charge in [0.1, 0.15) is 17.0 Å². The van der Waals surface area contributed by atoms with Crippen molar-refractivity contribution >= 4 is 28.7 Å². The largest absolute Gasteiger partial charge is 0.368 e. The van der Waals surface area contributed by atoms with Crippen molar-refractivity contribution < 1.29 is 4.39 Å². The number of nitrogen functional groups attached to an aromatic ring is 1. The third-order valence-corrected chi connectivity index (χ3v) is 3.12. The number of aryl methyl sites for hydroxylation is 1. The summed E-state index contributed by atoms with van der Waals surface area (Å²) in [7, 11) is 0. The fourth-order valence-corrected chi connectivity index (χ4v) is 2.12. The molecule has 1 aromatic carbocycles. The number of imidazole rings is 1. The summed E-state index contributed by atoms with van der Waals surface area (Å²) in [5.41, 5.74) is 8.27. The molecule has 5 nitrogen and oxygen atoms in total. The molecule has 7 heteroatoms. The number of aromatic amines is 1. The highest BCUT2D eigenvalue weighted by molar-refractivity contribution is 6.33. The Morgan fingerprint density at radius 1 is 1.32 bits per heavy atom. The van der Waals surface area contributed by atoms with E-state index in [1.165, 1.54) is 12.4 Å². The van der Waals surface area contributed by atoms with Crippen LogP contribution in [-0.2, 0) is 0 Å². The van der Waals surface area contributed by atoms with Crippen molar-refractivity contribution in [3.05, 3.63) is 34.9 Å². The first-order valence-electron chi connectivity index (χ1n) is 5.49. The van der Waals surface area contributed by atoms with E-state index in [1.807, 2.05) is 0 Å². The Balaban J connectivity index is 2.35. The smallest absolute Gasteiger partial charge is 0.222 e. The predicted octanol–water partition coefficient (Wildman–Crippen LogP) is 2.70. The lowest BCUT2D eigenvalue weighted by molar-refractivity contribution is 0.619. The molecule has 0 spiro atoms. The molecular weight excluding hydrogens is 269 g/mol. The minimum absolute atomic E-state index is 0.0904. The van der Waals surface area contributed by atoms with E-state index in [0.717, 1.165) is 0 Å². The molecule has 3 N–H and O–H groups in total. The van der Waals surface area contributed by atoms with E-state index >= 15 is 0 Å². The molecule has 3 rings (SSSR count). The van der Waals surface area contributed by atoms with E-state index in [4.69, 9.17) is 17.3 Å². The van der Waals surface area contributed by atoms with Crippen LogP contribution in [0.25, 0.3) is 22.4 Å². The van der Waals surface area contributed by atoms with Gasteiger partial charge in [0.2, 0.25) is 5.95 Å². The third-order valence-electron chi connectivity index (χ3n) is 2.81. The molecule has 0 aliphatic rings. The molecule has 0 fully saturated rings. The zero-order valence-corrected chi connectivity index (χ0v) is 10.7. The maximum Gasteiger partial charge on any atom is 0.222 e. The molecular formula is C12H9ClFN5. The lowest BCUT2D eigenvalue weighted by Gasteiger charge is -2.07. The van der Waals surface area contributed by atoms with Gasteiger partial charge in [0.05, 0.1) is 11.3 Å². The minimum Gasteiger partial charge on any atom is -0.368 e. The molecule has 3 aromatic rings. The maximum atomic E-state index is 13.4. The first kappa shape index (κ1) is 11.9. The van der Waals surface area contributed by atoms with Crippen LogP contribution in [0.2, 0.25) is 5.02 Å². The third kappa shape index (κ3) is 1.90. The molecule has 2 heterocycles. The highest BCUT2D eigenvalue weighted by Gasteiger charge is 2.15. The lowest BCUT2D eigenvalue weighted by atomic mass is 10.1. The van der Waals surface area contributed by atoms with Crippen LogP contribution < -0.4 is 5.73 Å². The molecule has 0 aliphatic heterocycles. The van der Waals surface area contributed by atoms with Crippen LogP contribution in [0.3, 0.4) is 0 Å². The average Bonchev–Trinajstić information content (AvgIpc) is 2.80. The van der Waals surface area contributed by atoms with Gasteiger partial charge < -0.3 is 10.7 Å². The van der Waals surface area contributed by atoms with Gasteiger partial charge in [-0.3, -0.25) is 0 Å². The van der Waals surface area contributed by atoms with Gasteiger partial charge >= 0.3 is 0 Å². The molecule has 0 bridgehead atoms. The van der Waals surface area contributed by atoms with E-state index in [0.29, 0.717) is 28.0 Å². The van der Waals surface area contributed by atoms with Gasteiger partial charge in [0.25, 0.3) is 0 Å². The molecule has 0 saturated carbocycles. The predicted molar refractivity (Wildman–Crippen MR) is 71.2 cm³/mol. The van der Waals surface area contributed by atoms with Gasteiger partial charge in [0, 0.05) is 5.56 Å². The van der Waals surface area contributed by atoms with Crippen molar-refractivity contribution in [1.82, 2.24) is 19.9 Å². The van der Waals surface area contributed by atoms with Gasteiger partial charge in [-0.15, -0.1) is 0 Å². The van der Waals surface area contributed by atoms with E-state index < -0.39 is 0 Å². The highest BCUT2D eigenvalue weighted by atomic mass is 35.5. The summed E-state index contributed by atoms with van der Waals surface area (Å²) in [6, 6.07) is 2.88. The Hall–Kier alpha value is -2.21. The quantitative estimate of drug-likeness (QED) is 0.717. The van der Waals surface area contributed by atoms with Crippen molar-refractivity contribution in [3.63, 3.8) is 0 Å². The lowest BCUT2D eigenvalue weighted by Crippen LogP contribution is -1.99. The normalized spacial score (nSPS) is 11.1. The van der Waals surface area contributed by atoms with Gasteiger partial charge in [-0.25, -0.2) is 14.4 Å². The van der Waals surface area contributed by atoms with Crippen molar-refractivity contribution in [2.45, 2.75) is 6.92 Å². The van der Waals surface area contributed by atoms with E-state index in [1.54, 1.807) is 13.0 Å². The first-order valence-corrected chi connectivity index (χ1v) is 5.86. The number of anilines is 1. The molecule has 0 atom stereocenters. The fraction of sp³-hybridized carbons (Fsp3) is 0.0833. The number of rotatable bonds is 1. The Labute approximate surface area is 112 Å². The number of hydrogen-bond donors (Lipinski definition) is 2. The zero-order valence-electron chi connectivity index (χ0n) is 9.91. The second-order valence-electron chi connectivity index (χ2n) is 4.11. The number of aromatic nitrogens is 4. The van der Waals surface area contributed by atoms with Crippen LogP contribution in [0, 0.1) is 12.7 Å². The topological polar surface area (TPSA) is 80.5 Å². The Bertz CT molecular complexity index is 783. The van der Waals surface area contributed by atoms with Crippen molar-refractivity contribution in [3.8, 4) is 11.3 Å². The summed E-state index contributed by atoms with van der Waals surface area (Å²) in [6.45, 7) is 1.66. The number of halogens is 2. The summed E-state index contributed by atoms with van der Waals surface area (Å²) in [6.07, 6.45) is 1.49. The molecule has 0 radical (unpaired) electrons. The number of fused-ring (bicyclic) bond motifs is 1. The van der Waals surface area contributed by atoms with Crippen molar-refractivity contribution in [1.29, 1.82) is 0 Å². The molecule has 0 saturated heterocycles. The standard InChI is InChI=1S/C12H9ClFN5/c1-5-2-6(7(13)3-8(5)14)9-10-11(17-4-16-10)19-12(15)18-9/h2-4H,1H3,(H3,15,16,17,18,19). The molecule has 0 amide bonds. The van der Waals surface area contributed by atoms with Crippen molar-refractivity contribution in [2.75, 3.05) is 5.73 Å². The van der Waals surface area contributed by atoms with Crippen molar-refractivity contribution in [2.24, 2.45) is 0 Å². The number of nitrogens with two attached hydrogens (primary N) is 1. The number of benzene rings is 1. The average molecular weight is 278 g/mol. The van der Waals surface area contributed by atoms with Gasteiger partial charge in [-0.1, -0.05) is 11.6 Å². The van der Waals surface area contributed by atoms with E-state index in [-0.39, 0.29) is 16.8 Å². The number of nitrogens with one attached hydrogen (secondary N) is 1. The summed E-state index contributed by atoms with van der Waals surface area (Å²) in [4.78, 5) is 15.1. The second kappa shape index (κ2) is 4.17. The van der Waals surface area contributed by atoms with Crippen LogP contribution in [0.15, 0.2) is 18.5 Å². The van der Waals surface area contributed by atoms with Crippen LogP contribution >= 0.6 is 11.6 Å². The Morgan fingerprint density at radius 3 is 2.89 bits per heavy atom. The van der Waals surface area contributed by atoms with Gasteiger partial charge in [-0.2, -0.15) is 4.98 Å². The summed E-state index contributed by atoms with van der Waals surface area (Å²) < 4.78 is 13.4. The summed E-state index contributed by atoms with van der Waals surface area (Å²) >= 11 is 6.08. The summed E-state index contributed by atoms with van der Waals surface area (Å²) in [5, 5.41) is 0.261. The van der Waals surface area contributed by atoms with Crippen LogP contribution in [0.5, 0.6) is 0 Å². The maximum absolute atomic E-state index is 13.4. The Kier molecular flexibility index (Phi) is 2.60. The Morgan fingerprint density at radius 2 is 2.11 bits per heavy atom. The van der Waals surface area contributed by atoms with Gasteiger partial charge in [-0.05, 0) is 24.6 Å². The fourth-order valence-electron chi connectivity index (χ4n) is 1.88.